The summed E-state index contributed by atoms with van der Waals surface area (Å²) in [5.41, 5.74) is 0.230. The van der Waals surface area contributed by atoms with Crippen LogP contribution >= 0.6 is 0 Å². The largest absolute Gasteiger partial charge is 0.345 e. The van der Waals surface area contributed by atoms with Crippen LogP contribution in [0.25, 0.3) is 0 Å². The van der Waals surface area contributed by atoms with Crippen molar-refractivity contribution in [2.75, 3.05) is 14.1 Å². The SMILES string of the molecule is CN(C)C(=O)N=c1c(C=O)ncnn1C. The Bertz CT molecular complexity index is 449. The molecule has 0 saturated carbocycles. The minimum Gasteiger partial charge on any atom is -0.329 e. The second-order valence-corrected chi connectivity index (χ2v) is 3.00. The lowest BCUT2D eigenvalue weighted by Gasteiger charge is -2.05. The van der Waals surface area contributed by atoms with Crippen molar-refractivity contribution in [2.45, 2.75) is 0 Å². The van der Waals surface area contributed by atoms with Crippen LogP contribution in [-0.2, 0) is 7.05 Å². The highest BCUT2D eigenvalue weighted by Crippen LogP contribution is 1.83. The van der Waals surface area contributed by atoms with E-state index in [0.717, 1.165) is 0 Å². The van der Waals surface area contributed by atoms with Gasteiger partial charge in [0.2, 0.25) is 0 Å². The van der Waals surface area contributed by atoms with Gasteiger partial charge in [-0.2, -0.15) is 10.1 Å². The number of aldehydes is 1. The molecule has 15 heavy (non-hydrogen) atoms. The third-order valence-corrected chi connectivity index (χ3v) is 1.65. The minimum atomic E-state index is -0.469. The third kappa shape index (κ3) is 2.46. The van der Waals surface area contributed by atoms with Crippen molar-refractivity contribution in [1.82, 2.24) is 19.7 Å². The van der Waals surface area contributed by atoms with Crippen LogP contribution < -0.4 is 5.49 Å². The van der Waals surface area contributed by atoms with E-state index in [1.165, 1.54) is 15.9 Å². The molecular weight excluding hydrogens is 198 g/mol. The quantitative estimate of drug-likeness (QED) is 0.568. The molecule has 1 aromatic rings. The third-order valence-electron chi connectivity index (χ3n) is 1.65. The van der Waals surface area contributed by atoms with Gasteiger partial charge < -0.3 is 4.90 Å². The first-order valence-corrected chi connectivity index (χ1v) is 4.15. The zero-order valence-corrected chi connectivity index (χ0v) is 8.71. The van der Waals surface area contributed by atoms with Gasteiger partial charge in [0.1, 0.15) is 12.0 Å². The Hall–Kier alpha value is -2.05. The van der Waals surface area contributed by atoms with Crippen molar-refractivity contribution in [2.24, 2.45) is 12.0 Å². The molecule has 2 amide bonds. The van der Waals surface area contributed by atoms with E-state index >= 15 is 0 Å². The molecule has 0 radical (unpaired) electrons. The molecule has 1 aromatic heterocycles. The van der Waals surface area contributed by atoms with E-state index in [2.05, 4.69) is 15.1 Å². The summed E-state index contributed by atoms with van der Waals surface area (Å²) in [5.74, 6) is 0. The summed E-state index contributed by atoms with van der Waals surface area (Å²) in [7, 11) is 4.71. The topological polar surface area (TPSA) is 80.5 Å². The average molecular weight is 209 g/mol. The maximum atomic E-state index is 11.3. The smallest absolute Gasteiger partial charge is 0.329 e. The van der Waals surface area contributed by atoms with Crippen LogP contribution in [0.3, 0.4) is 0 Å². The van der Waals surface area contributed by atoms with Gasteiger partial charge >= 0.3 is 6.03 Å². The highest BCUT2D eigenvalue weighted by Gasteiger charge is 2.04. The predicted octanol–water partition coefficient (Wildman–Crippen LogP) is -0.790. The van der Waals surface area contributed by atoms with Crippen LogP contribution in [0.1, 0.15) is 10.5 Å². The van der Waals surface area contributed by atoms with E-state index in [-0.39, 0.29) is 11.2 Å². The number of aryl methyl sites for hydroxylation is 1. The zero-order chi connectivity index (χ0) is 11.4. The molecule has 1 rings (SSSR count). The standard InChI is InChI=1S/C8H11N5O2/c1-12(2)8(15)11-7-6(4-14)9-5-10-13(7)3/h4-5H,1-3H3. The van der Waals surface area contributed by atoms with Gasteiger partial charge in [-0.15, -0.1) is 0 Å². The normalized spacial score (nSPS) is 11.3. The van der Waals surface area contributed by atoms with E-state index in [9.17, 15) is 9.59 Å². The highest BCUT2D eigenvalue weighted by atomic mass is 16.2. The first kappa shape index (κ1) is 11.0. The molecular formula is C8H11N5O2. The van der Waals surface area contributed by atoms with Gasteiger partial charge in [-0.1, -0.05) is 0 Å². The van der Waals surface area contributed by atoms with Crippen LogP contribution in [0, 0.1) is 0 Å². The van der Waals surface area contributed by atoms with Crippen molar-refractivity contribution in [3.8, 4) is 0 Å². The number of urea groups is 1. The van der Waals surface area contributed by atoms with Crippen molar-refractivity contribution < 1.29 is 9.59 Å². The molecule has 0 atom stereocenters. The lowest BCUT2D eigenvalue weighted by Crippen LogP contribution is -2.30. The van der Waals surface area contributed by atoms with Gasteiger partial charge in [0.25, 0.3) is 0 Å². The number of aromatic nitrogens is 3. The Morgan fingerprint density at radius 1 is 1.60 bits per heavy atom. The van der Waals surface area contributed by atoms with Gasteiger partial charge in [0.05, 0.1) is 0 Å². The zero-order valence-electron chi connectivity index (χ0n) is 8.71. The number of carbonyl (C=O) groups excluding carboxylic acids is 2. The molecule has 0 N–H and O–H groups in total. The van der Waals surface area contributed by atoms with Gasteiger partial charge in [-0.05, 0) is 0 Å². The summed E-state index contributed by atoms with van der Waals surface area (Å²) in [6.07, 6.45) is 1.76. The Morgan fingerprint density at radius 2 is 2.27 bits per heavy atom. The molecule has 1 heterocycles. The van der Waals surface area contributed by atoms with Crippen LogP contribution in [0.4, 0.5) is 4.79 Å². The molecule has 0 unspecified atom stereocenters. The monoisotopic (exact) mass is 209 g/mol. The van der Waals surface area contributed by atoms with Gasteiger partial charge in [0.15, 0.2) is 11.8 Å². The van der Waals surface area contributed by atoms with E-state index in [4.69, 9.17) is 0 Å². The van der Waals surface area contributed by atoms with E-state index < -0.39 is 6.03 Å². The number of hydrogen-bond acceptors (Lipinski definition) is 4. The number of amides is 2. The summed E-state index contributed by atoms with van der Waals surface area (Å²) in [6, 6.07) is -0.469. The first-order valence-electron chi connectivity index (χ1n) is 4.15. The number of rotatable bonds is 1. The number of hydrogen-bond donors (Lipinski definition) is 0. The van der Waals surface area contributed by atoms with Gasteiger partial charge in [-0.25, -0.2) is 14.5 Å². The van der Waals surface area contributed by atoms with Gasteiger partial charge in [0, 0.05) is 21.1 Å². The Morgan fingerprint density at radius 3 is 2.80 bits per heavy atom. The second kappa shape index (κ2) is 4.45. The van der Waals surface area contributed by atoms with Crippen molar-refractivity contribution in [3.63, 3.8) is 0 Å². The van der Waals surface area contributed by atoms with Crippen LogP contribution in [0.5, 0.6) is 0 Å². The summed E-state index contributed by atoms with van der Waals surface area (Å²) in [4.78, 5) is 30.7. The fourth-order valence-electron chi connectivity index (χ4n) is 0.847. The molecule has 0 aromatic carbocycles. The Balaban J connectivity index is 3.35. The van der Waals surface area contributed by atoms with E-state index in [1.807, 2.05) is 0 Å². The molecule has 80 valence electrons. The molecule has 0 saturated heterocycles. The summed E-state index contributed by atoms with van der Waals surface area (Å²) in [5, 5.41) is 3.78. The molecule has 7 heteroatoms. The molecule has 0 aliphatic heterocycles. The second-order valence-electron chi connectivity index (χ2n) is 3.00. The van der Waals surface area contributed by atoms with Crippen molar-refractivity contribution in [3.05, 3.63) is 17.5 Å². The maximum absolute atomic E-state index is 11.3. The molecule has 0 aliphatic rings. The van der Waals surface area contributed by atoms with Crippen LogP contribution in [-0.4, -0.2) is 46.1 Å². The number of nitrogens with zero attached hydrogens (tertiary/aromatic N) is 5. The Labute approximate surface area is 86.1 Å². The van der Waals surface area contributed by atoms with Crippen molar-refractivity contribution in [1.29, 1.82) is 0 Å². The number of carbonyl (C=O) groups is 2. The predicted molar refractivity (Wildman–Crippen MR) is 51.0 cm³/mol. The molecule has 7 nitrogen and oxygen atoms in total. The fraction of sp³-hybridized carbons (Fsp3) is 0.375. The lowest BCUT2D eigenvalue weighted by atomic mass is 10.5. The molecule has 0 bridgehead atoms. The van der Waals surface area contributed by atoms with Crippen molar-refractivity contribution >= 4 is 12.3 Å². The minimum absolute atomic E-state index is 0.0858. The molecule has 0 fully saturated rings. The maximum Gasteiger partial charge on any atom is 0.345 e. The summed E-state index contributed by atoms with van der Waals surface area (Å²) in [6.45, 7) is 0. The average Bonchev–Trinajstić information content (AvgIpc) is 2.20. The molecule has 0 spiro atoms. The molecule has 0 aliphatic carbocycles. The summed E-state index contributed by atoms with van der Waals surface area (Å²) >= 11 is 0. The van der Waals surface area contributed by atoms with E-state index in [1.54, 1.807) is 21.1 Å². The van der Waals surface area contributed by atoms with Gasteiger partial charge in [-0.3, -0.25) is 4.79 Å². The van der Waals surface area contributed by atoms with E-state index in [0.29, 0.717) is 6.29 Å². The van der Waals surface area contributed by atoms with Crippen LogP contribution in [0.15, 0.2) is 11.3 Å². The first-order chi connectivity index (χ1) is 7.06. The highest BCUT2D eigenvalue weighted by molar-refractivity contribution is 5.76. The lowest BCUT2D eigenvalue weighted by molar-refractivity contribution is 0.111. The van der Waals surface area contributed by atoms with Crippen LogP contribution in [0.2, 0.25) is 0 Å². The fourth-order valence-corrected chi connectivity index (χ4v) is 0.847. The summed E-state index contributed by atoms with van der Waals surface area (Å²) < 4.78 is 1.32. The Kier molecular flexibility index (Phi) is 3.27.